The van der Waals surface area contributed by atoms with Gasteiger partial charge in [0.15, 0.2) is 0 Å². The highest BCUT2D eigenvalue weighted by Gasteiger charge is 2.06. The van der Waals surface area contributed by atoms with Crippen LogP contribution in [0.15, 0.2) is 12.4 Å². The monoisotopic (exact) mass is 253 g/mol. The van der Waals surface area contributed by atoms with Crippen LogP contribution in [0.25, 0.3) is 0 Å². The zero-order valence-corrected chi connectivity index (χ0v) is 10.6. The van der Waals surface area contributed by atoms with Crippen LogP contribution in [-0.4, -0.2) is 35.0 Å². The molecule has 18 heavy (non-hydrogen) atoms. The molecule has 0 saturated carbocycles. The molecule has 0 atom stereocenters. The van der Waals surface area contributed by atoms with Crippen LogP contribution in [0, 0.1) is 0 Å². The van der Waals surface area contributed by atoms with E-state index in [4.69, 9.17) is 4.74 Å². The Morgan fingerprint density at radius 1 is 1.44 bits per heavy atom. The number of aromatic amines is 1. The molecule has 1 heterocycles. The van der Waals surface area contributed by atoms with Gasteiger partial charge < -0.3 is 15.0 Å². The van der Waals surface area contributed by atoms with E-state index in [1.807, 2.05) is 0 Å². The molecule has 6 nitrogen and oxygen atoms in total. The maximum Gasteiger partial charge on any atom is 0.306 e. The minimum Gasteiger partial charge on any atom is -0.466 e. The van der Waals surface area contributed by atoms with E-state index in [9.17, 15) is 9.59 Å². The predicted molar refractivity (Wildman–Crippen MR) is 65.8 cm³/mol. The molecule has 0 saturated heterocycles. The molecule has 0 fully saturated rings. The van der Waals surface area contributed by atoms with E-state index >= 15 is 0 Å². The van der Waals surface area contributed by atoms with Crippen molar-refractivity contribution in [1.29, 1.82) is 0 Å². The van der Waals surface area contributed by atoms with Crippen LogP contribution in [0.4, 0.5) is 0 Å². The third-order valence-corrected chi connectivity index (χ3v) is 2.33. The molecule has 6 heteroatoms. The summed E-state index contributed by atoms with van der Waals surface area (Å²) in [7, 11) is 0. The minimum atomic E-state index is -0.330. The van der Waals surface area contributed by atoms with E-state index in [0.29, 0.717) is 13.2 Å². The maximum absolute atomic E-state index is 11.4. The first kappa shape index (κ1) is 14.2. The number of rotatable bonds is 8. The number of aromatic nitrogens is 2. The number of H-pyrrole nitrogens is 1. The zero-order chi connectivity index (χ0) is 13.2. The van der Waals surface area contributed by atoms with E-state index in [1.165, 1.54) is 0 Å². The number of hydrogen-bond acceptors (Lipinski definition) is 4. The highest BCUT2D eigenvalue weighted by molar-refractivity contribution is 5.81. The maximum atomic E-state index is 11.4. The van der Waals surface area contributed by atoms with Gasteiger partial charge in [-0.3, -0.25) is 9.59 Å². The van der Waals surface area contributed by atoms with E-state index < -0.39 is 0 Å². The van der Waals surface area contributed by atoms with Crippen molar-refractivity contribution in [1.82, 2.24) is 15.3 Å². The second-order valence-corrected chi connectivity index (χ2v) is 3.79. The summed E-state index contributed by atoms with van der Waals surface area (Å²) in [6.45, 7) is 2.68. The number of esters is 1. The number of carbonyl (C=O) groups is 2. The van der Waals surface area contributed by atoms with Crippen LogP contribution in [0.2, 0.25) is 0 Å². The highest BCUT2D eigenvalue weighted by Crippen LogP contribution is 1.95. The van der Waals surface area contributed by atoms with Gasteiger partial charge in [-0.05, 0) is 13.3 Å². The van der Waals surface area contributed by atoms with Crippen molar-refractivity contribution < 1.29 is 14.3 Å². The lowest BCUT2D eigenvalue weighted by Gasteiger charge is -2.04. The van der Waals surface area contributed by atoms with Crippen LogP contribution in [0.3, 0.4) is 0 Å². The summed E-state index contributed by atoms with van der Waals surface area (Å²) in [5.41, 5.74) is 0. The normalized spacial score (nSPS) is 10.1. The number of amides is 1. The Labute approximate surface area is 106 Å². The van der Waals surface area contributed by atoms with Gasteiger partial charge in [0.25, 0.3) is 0 Å². The topological polar surface area (TPSA) is 84.1 Å². The minimum absolute atomic E-state index is 0.123. The summed E-state index contributed by atoms with van der Waals surface area (Å²) < 4.78 is 4.74. The van der Waals surface area contributed by atoms with E-state index in [1.54, 1.807) is 19.3 Å². The Kier molecular flexibility index (Phi) is 6.53. The van der Waals surface area contributed by atoms with Gasteiger partial charge in [-0.25, -0.2) is 4.98 Å². The first-order chi connectivity index (χ1) is 8.72. The third-order valence-electron chi connectivity index (χ3n) is 2.33. The van der Waals surface area contributed by atoms with Gasteiger partial charge in [0.05, 0.1) is 13.0 Å². The van der Waals surface area contributed by atoms with Gasteiger partial charge in [-0.15, -0.1) is 0 Å². The molecule has 100 valence electrons. The molecule has 0 unspecified atom stereocenters. The van der Waals surface area contributed by atoms with E-state index in [2.05, 4.69) is 15.3 Å². The van der Waals surface area contributed by atoms with Crippen LogP contribution in [0.1, 0.15) is 32.0 Å². The number of aryl methyl sites for hydroxylation is 1. The third kappa shape index (κ3) is 6.03. The van der Waals surface area contributed by atoms with E-state index in [-0.39, 0.29) is 24.7 Å². The van der Waals surface area contributed by atoms with Gasteiger partial charge in [-0.1, -0.05) is 0 Å². The molecular weight excluding hydrogens is 234 g/mol. The highest BCUT2D eigenvalue weighted by atomic mass is 16.5. The molecular formula is C12H19N3O3. The lowest BCUT2D eigenvalue weighted by molar-refractivity contribution is -0.144. The van der Waals surface area contributed by atoms with E-state index in [0.717, 1.165) is 18.7 Å². The average molecular weight is 253 g/mol. The Morgan fingerprint density at radius 3 is 2.94 bits per heavy atom. The number of carbonyl (C=O) groups excluding carboxylic acids is 2. The average Bonchev–Trinajstić information content (AvgIpc) is 2.85. The molecule has 2 N–H and O–H groups in total. The predicted octanol–water partition coefficient (Wildman–Crippen LogP) is 0.802. The molecule has 0 aliphatic rings. The Bertz CT molecular complexity index is 363. The summed E-state index contributed by atoms with van der Waals surface area (Å²) in [4.78, 5) is 29.5. The second kappa shape index (κ2) is 8.27. The van der Waals surface area contributed by atoms with Crippen molar-refractivity contribution in [3.8, 4) is 0 Å². The fraction of sp³-hybridized carbons (Fsp3) is 0.583. The molecule has 0 bridgehead atoms. The van der Waals surface area contributed by atoms with Crippen molar-refractivity contribution in [3.05, 3.63) is 18.2 Å². The van der Waals surface area contributed by atoms with Crippen LogP contribution < -0.4 is 5.32 Å². The lowest BCUT2D eigenvalue weighted by Crippen LogP contribution is -2.25. The van der Waals surface area contributed by atoms with Crippen LogP contribution >= 0.6 is 0 Å². The number of nitrogens with zero attached hydrogens (tertiary/aromatic N) is 1. The quantitative estimate of drug-likeness (QED) is 0.530. The van der Waals surface area contributed by atoms with Crippen LogP contribution in [0.5, 0.6) is 0 Å². The molecule has 0 radical (unpaired) electrons. The smallest absolute Gasteiger partial charge is 0.306 e. The second-order valence-electron chi connectivity index (χ2n) is 3.79. The summed E-state index contributed by atoms with van der Waals surface area (Å²) in [6.07, 6.45) is 5.40. The molecule has 1 aromatic heterocycles. The van der Waals surface area contributed by atoms with Crippen molar-refractivity contribution in [2.45, 2.75) is 32.6 Å². The first-order valence-electron chi connectivity index (χ1n) is 6.13. The van der Waals surface area contributed by atoms with Crippen LogP contribution in [-0.2, 0) is 20.7 Å². The fourth-order valence-electron chi connectivity index (χ4n) is 1.46. The molecule has 0 spiro atoms. The summed E-state index contributed by atoms with van der Waals surface area (Å²) in [5, 5.41) is 2.75. The fourth-order valence-corrected chi connectivity index (χ4v) is 1.46. The van der Waals surface area contributed by atoms with Gasteiger partial charge >= 0.3 is 5.97 Å². The van der Waals surface area contributed by atoms with Crippen molar-refractivity contribution >= 4 is 11.9 Å². The van der Waals surface area contributed by atoms with Gasteiger partial charge in [0, 0.05) is 31.8 Å². The largest absolute Gasteiger partial charge is 0.466 e. The van der Waals surface area contributed by atoms with Gasteiger partial charge in [0.2, 0.25) is 5.91 Å². The van der Waals surface area contributed by atoms with Gasteiger partial charge in [0.1, 0.15) is 5.82 Å². The zero-order valence-electron chi connectivity index (χ0n) is 10.6. The molecule has 1 amide bonds. The number of hydrogen-bond donors (Lipinski definition) is 2. The standard InChI is InChI=1S/C12H19N3O3/c1-2-18-12(17)6-5-11(16)15-7-3-4-10-13-8-9-14-10/h8-9H,2-7H2,1H3,(H,13,14)(H,15,16). The summed E-state index contributed by atoms with van der Waals surface area (Å²) in [6, 6.07) is 0. The lowest BCUT2D eigenvalue weighted by atomic mass is 10.2. The first-order valence-corrected chi connectivity index (χ1v) is 6.13. The molecule has 1 aromatic rings. The Morgan fingerprint density at radius 2 is 2.28 bits per heavy atom. The van der Waals surface area contributed by atoms with Crippen molar-refractivity contribution in [3.63, 3.8) is 0 Å². The van der Waals surface area contributed by atoms with Gasteiger partial charge in [-0.2, -0.15) is 0 Å². The summed E-state index contributed by atoms with van der Waals surface area (Å²) >= 11 is 0. The Hall–Kier alpha value is -1.85. The van der Waals surface area contributed by atoms with Crippen molar-refractivity contribution in [2.24, 2.45) is 0 Å². The number of nitrogens with one attached hydrogen (secondary N) is 2. The molecule has 0 aliphatic heterocycles. The Balaban J connectivity index is 2.01. The molecule has 1 rings (SSSR count). The SMILES string of the molecule is CCOC(=O)CCC(=O)NCCCc1ncc[nH]1. The molecule has 0 aromatic carbocycles. The number of imidazole rings is 1. The number of ether oxygens (including phenoxy) is 1. The van der Waals surface area contributed by atoms with Crippen molar-refractivity contribution in [2.75, 3.05) is 13.2 Å². The molecule has 0 aliphatic carbocycles. The summed E-state index contributed by atoms with van der Waals surface area (Å²) in [5.74, 6) is 0.460.